The maximum atomic E-state index is 12.7. The molecule has 4 nitrogen and oxygen atoms in total. The number of anilines is 1. The summed E-state index contributed by atoms with van der Waals surface area (Å²) in [6.07, 6.45) is -7.21. The number of carbonyl (C=O) groups excluding carboxylic acids is 1. The molecule has 1 aliphatic rings. The zero-order valence-electron chi connectivity index (χ0n) is 15.9. The molecule has 1 fully saturated rings. The minimum atomic E-state index is -4.51. The lowest BCUT2D eigenvalue weighted by Gasteiger charge is -2.20. The van der Waals surface area contributed by atoms with Gasteiger partial charge in [-0.3, -0.25) is 4.79 Å². The largest absolute Gasteiger partial charge is 0.433 e. The van der Waals surface area contributed by atoms with Gasteiger partial charge in [0.05, 0.1) is 23.4 Å². The predicted molar refractivity (Wildman–Crippen MR) is 97.9 cm³/mol. The number of amides is 1. The molecule has 0 radical (unpaired) electrons. The molecule has 0 spiro atoms. The smallest absolute Gasteiger partial charge is 0.368 e. The molecule has 1 aliphatic heterocycles. The Labute approximate surface area is 168 Å². The Bertz CT molecular complexity index is 877. The van der Waals surface area contributed by atoms with Crippen LogP contribution in [0.4, 0.5) is 32.0 Å². The summed E-state index contributed by atoms with van der Waals surface area (Å²) in [6, 6.07) is 6.46. The molecule has 1 aromatic carbocycles. The summed E-state index contributed by atoms with van der Waals surface area (Å²) in [6.45, 7) is 2.54. The van der Waals surface area contributed by atoms with Gasteiger partial charge < -0.3 is 10.2 Å². The first kappa shape index (κ1) is 21.9. The van der Waals surface area contributed by atoms with Crippen molar-refractivity contribution in [3.05, 3.63) is 59.4 Å². The third-order valence-corrected chi connectivity index (χ3v) is 5.07. The standard InChI is InChI=1S/C20H19F6N3O/c1-12(13-2-4-14(5-3-13)19(21,22)23)18(30)28-15-8-9-29(11-15)16-6-7-17(27-10-16)20(24,25)26/h2-7,10,12,15H,8-9,11H2,1H3,(H,28,30). The summed E-state index contributed by atoms with van der Waals surface area (Å²) in [7, 11) is 0. The third-order valence-electron chi connectivity index (χ3n) is 5.07. The number of nitrogens with one attached hydrogen (secondary N) is 1. The number of alkyl halides is 6. The van der Waals surface area contributed by atoms with Gasteiger partial charge in [-0.05, 0) is 43.2 Å². The normalized spacial score (nSPS) is 18.4. The molecule has 2 aromatic rings. The molecule has 2 heterocycles. The number of benzene rings is 1. The number of hydrogen-bond acceptors (Lipinski definition) is 3. The number of aromatic nitrogens is 1. The fourth-order valence-electron chi connectivity index (χ4n) is 3.29. The predicted octanol–water partition coefficient (Wildman–Crippen LogP) is 4.62. The van der Waals surface area contributed by atoms with E-state index in [2.05, 4.69) is 10.3 Å². The van der Waals surface area contributed by atoms with Crippen molar-refractivity contribution in [3.8, 4) is 0 Å². The fourth-order valence-corrected chi connectivity index (χ4v) is 3.29. The number of rotatable bonds is 4. The zero-order valence-corrected chi connectivity index (χ0v) is 15.9. The third kappa shape index (κ3) is 5.03. The van der Waals surface area contributed by atoms with E-state index in [9.17, 15) is 31.1 Å². The molecule has 162 valence electrons. The van der Waals surface area contributed by atoms with Gasteiger partial charge in [-0.2, -0.15) is 26.3 Å². The van der Waals surface area contributed by atoms with Crippen LogP contribution in [-0.4, -0.2) is 30.0 Å². The lowest BCUT2D eigenvalue weighted by molar-refractivity contribution is -0.141. The number of nitrogens with zero attached hydrogens (tertiary/aromatic N) is 2. The average Bonchev–Trinajstić information content (AvgIpc) is 3.14. The van der Waals surface area contributed by atoms with E-state index in [0.29, 0.717) is 30.8 Å². The molecule has 2 unspecified atom stereocenters. The van der Waals surface area contributed by atoms with E-state index in [1.807, 2.05) is 4.90 Å². The second kappa shape index (κ2) is 8.16. The van der Waals surface area contributed by atoms with Gasteiger partial charge in [0.1, 0.15) is 5.69 Å². The van der Waals surface area contributed by atoms with Crippen LogP contribution in [0.5, 0.6) is 0 Å². The lowest BCUT2D eigenvalue weighted by atomic mass is 9.98. The van der Waals surface area contributed by atoms with Crippen molar-refractivity contribution in [3.63, 3.8) is 0 Å². The van der Waals surface area contributed by atoms with E-state index in [1.54, 1.807) is 6.92 Å². The fraction of sp³-hybridized carbons (Fsp3) is 0.400. The van der Waals surface area contributed by atoms with Crippen molar-refractivity contribution in [2.75, 3.05) is 18.0 Å². The summed E-state index contributed by atoms with van der Waals surface area (Å²) < 4.78 is 75.8. The van der Waals surface area contributed by atoms with Crippen molar-refractivity contribution in [2.45, 2.75) is 37.7 Å². The first-order valence-corrected chi connectivity index (χ1v) is 9.21. The number of carbonyl (C=O) groups is 1. The second-order valence-electron chi connectivity index (χ2n) is 7.18. The Morgan fingerprint density at radius 2 is 1.73 bits per heavy atom. The highest BCUT2D eigenvalue weighted by Gasteiger charge is 2.33. The molecule has 0 saturated carbocycles. The van der Waals surface area contributed by atoms with Crippen molar-refractivity contribution >= 4 is 11.6 Å². The minimum absolute atomic E-state index is 0.225. The Morgan fingerprint density at radius 1 is 1.07 bits per heavy atom. The highest BCUT2D eigenvalue weighted by molar-refractivity contribution is 5.83. The maximum absolute atomic E-state index is 12.7. The van der Waals surface area contributed by atoms with E-state index in [-0.39, 0.29) is 11.9 Å². The first-order valence-electron chi connectivity index (χ1n) is 9.21. The summed E-state index contributed by atoms with van der Waals surface area (Å²) in [5.41, 5.74) is -0.770. The minimum Gasteiger partial charge on any atom is -0.368 e. The van der Waals surface area contributed by atoms with Crippen molar-refractivity contribution in [2.24, 2.45) is 0 Å². The molecular formula is C20H19F6N3O. The lowest BCUT2D eigenvalue weighted by Crippen LogP contribution is -2.39. The van der Waals surface area contributed by atoms with E-state index < -0.39 is 29.5 Å². The summed E-state index contributed by atoms with van der Waals surface area (Å²) in [4.78, 5) is 17.7. The number of halogens is 6. The van der Waals surface area contributed by atoms with Crippen molar-refractivity contribution < 1.29 is 31.1 Å². The first-order chi connectivity index (χ1) is 13.9. The van der Waals surface area contributed by atoms with Gasteiger partial charge >= 0.3 is 12.4 Å². The van der Waals surface area contributed by atoms with Gasteiger partial charge in [-0.15, -0.1) is 0 Å². The SMILES string of the molecule is CC(C(=O)NC1CCN(c2ccc(C(F)(F)F)nc2)C1)c1ccc(C(F)(F)F)cc1. The molecule has 10 heteroatoms. The van der Waals surface area contributed by atoms with E-state index in [1.165, 1.54) is 18.2 Å². The van der Waals surface area contributed by atoms with E-state index in [4.69, 9.17) is 0 Å². The van der Waals surface area contributed by atoms with Gasteiger partial charge in [-0.1, -0.05) is 12.1 Å². The molecular weight excluding hydrogens is 412 g/mol. The van der Waals surface area contributed by atoms with Gasteiger partial charge in [0, 0.05) is 19.1 Å². The molecule has 1 N–H and O–H groups in total. The van der Waals surface area contributed by atoms with Crippen LogP contribution in [0.15, 0.2) is 42.6 Å². The molecule has 1 aromatic heterocycles. The number of pyridine rings is 1. The van der Waals surface area contributed by atoms with Crippen molar-refractivity contribution in [1.29, 1.82) is 0 Å². The van der Waals surface area contributed by atoms with Gasteiger partial charge in [-0.25, -0.2) is 4.98 Å². The van der Waals surface area contributed by atoms with Crippen LogP contribution in [0.25, 0.3) is 0 Å². The topological polar surface area (TPSA) is 45.2 Å². The van der Waals surface area contributed by atoms with Crippen LogP contribution in [0.2, 0.25) is 0 Å². The van der Waals surface area contributed by atoms with Crippen LogP contribution < -0.4 is 10.2 Å². The summed E-state index contributed by atoms with van der Waals surface area (Å²) >= 11 is 0. The maximum Gasteiger partial charge on any atom is 0.433 e. The summed E-state index contributed by atoms with van der Waals surface area (Å²) in [5.74, 6) is -0.971. The molecule has 3 rings (SSSR count). The summed E-state index contributed by atoms with van der Waals surface area (Å²) in [5, 5.41) is 2.85. The monoisotopic (exact) mass is 431 g/mol. The molecule has 0 bridgehead atoms. The van der Waals surface area contributed by atoms with E-state index in [0.717, 1.165) is 24.4 Å². The van der Waals surface area contributed by atoms with E-state index >= 15 is 0 Å². The molecule has 2 atom stereocenters. The zero-order chi connectivity index (χ0) is 22.1. The Hall–Kier alpha value is -2.78. The van der Waals surface area contributed by atoms with Crippen LogP contribution in [0.3, 0.4) is 0 Å². The second-order valence-corrected chi connectivity index (χ2v) is 7.18. The Morgan fingerprint density at radius 3 is 2.27 bits per heavy atom. The molecule has 30 heavy (non-hydrogen) atoms. The quantitative estimate of drug-likeness (QED) is 0.719. The highest BCUT2D eigenvalue weighted by Crippen LogP contribution is 2.31. The van der Waals surface area contributed by atoms with Crippen LogP contribution in [0.1, 0.15) is 36.1 Å². The van der Waals surface area contributed by atoms with Crippen LogP contribution in [-0.2, 0) is 17.1 Å². The highest BCUT2D eigenvalue weighted by atomic mass is 19.4. The molecule has 1 amide bonds. The Balaban J connectivity index is 1.57. The molecule has 1 saturated heterocycles. The number of hydrogen-bond donors (Lipinski definition) is 1. The van der Waals surface area contributed by atoms with Gasteiger partial charge in [0.2, 0.25) is 5.91 Å². The Kier molecular flexibility index (Phi) is 5.96. The van der Waals surface area contributed by atoms with Gasteiger partial charge in [0.15, 0.2) is 0 Å². The average molecular weight is 431 g/mol. The molecule has 0 aliphatic carbocycles. The van der Waals surface area contributed by atoms with Crippen molar-refractivity contribution in [1.82, 2.24) is 10.3 Å². The van der Waals surface area contributed by atoms with Crippen LogP contribution in [0, 0.1) is 0 Å². The van der Waals surface area contributed by atoms with Crippen LogP contribution >= 0.6 is 0 Å². The van der Waals surface area contributed by atoms with Gasteiger partial charge in [0.25, 0.3) is 0 Å².